The molecule has 0 radical (unpaired) electrons. The maximum Gasteiger partial charge on any atom is 0.317 e. The van der Waals surface area contributed by atoms with Gasteiger partial charge in [-0.2, -0.15) is 0 Å². The van der Waals surface area contributed by atoms with Gasteiger partial charge in [0.2, 0.25) is 0 Å². The summed E-state index contributed by atoms with van der Waals surface area (Å²) in [6, 6.07) is -0.101. The van der Waals surface area contributed by atoms with Gasteiger partial charge in [0.1, 0.15) is 0 Å². The molecule has 6 heteroatoms. The van der Waals surface area contributed by atoms with Crippen molar-refractivity contribution in [2.24, 2.45) is 23.7 Å². The minimum atomic E-state index is -0.0844. The minimum absolute atomic E-state index is 0.0100. The fourth-order valence-electron chi connectivity index (χ4n) is 7.08. The Balaban J connectivity index is 1.17. The summed E-state index contributed by atoms with van der Waals surface area (Å²) in [5.74, 6) is 2.91. The minimum Gasteiger partial charge on any atom is -0.338 e. The zero-order valence-corrected chi connectivity index (χ0v) is 20.4. The van der Waals surface area contributed by atoms with E-state index in [1.165, 1.54) is 38.5 Å². The molecule has 3 N–H and O–H groups in total. The molecule has 1 atom stereocenters. The molecule has 5 rings (SSSR count). The topological polar surface area (TPSA) is 73.5 Å². The van der Waals surface area contributed by atoms with Crippen LogP contribution in [0.3, 0.4) is 0 Å². The highest BCUT2D eigenvalue weighted by Crippen LogP contribution is 2.55. The Kier molecular flexibility index (Phi) is 7.50. The predicted molar refractivity (Wildman–Crippen MR) is 133 cm³/mol. The van der Waals surface area contributed by atoms with E-state index in [2.05, 4.69) is 22.5 Å². The van der Waals surface area contributed by atoms with Crippen LogP contribution in [0.2, 0.25) is 0 Å². The second kappa shape index (κ2) is 10.4. The van der Waals surface area contributed by atoms with Crippen LogP contribution < -0.4 is 16.0 Å². The van der Waals surface area contributed by atoms with Crippen molar-refractivity contribution >= 4 is 12.1 Å². The number of urea groups is 2. The van der Waals surface area contributed by atoms with Crippen LogP contribution in [0, 0.1) is 23.7 Å². The van der Waals surface area contributed by atoms with Crippen LogP contribution in [0.4, 0.5) is 9.59 Å². The molecule has 4 aliphatic carbocycles. The van der Waals surface area contributed by atoms with Crippen molar-refractivity contribution in [1.29, 1.82) is 0 Å². The third-order valence-corrected chi connectivity index (χ3v) is 8.43. The van der Waals surface area contributed by atoms with Crippen molar-refractivity contribution < 1.29 is 9.59 Å². The molecule has 4 bridgehead atoms. The Morgan fingerprint density at radius 3 is 2.24 bits per heavy atom. The van der Waals surface area contributed by atoms with Gasteiger partial charge < -0.3 is 20.9 Å². The van der Waals surface area contributed by atoms with E-state index in [4.69, 9.17) is 0 Å². The molecule has 4 amide bonds. The lowest BCUT2D eigenvalue weighted by atomic mass is 9.53. The molecule has 182 valence electrons. The summed E-state index contributed by atoms with van der Waals surface area (Å²) in [5.41, 5.74) is 1.05. The fraction of sp³-hybridized carbons (Fsp3) is 0.704. The molecule has 1 saturated heterocycles. The van der Waals surface area contributed by atoms with Gasteiger partial charge in [-0.15, -0.1) is 0 Å². The molecule has 1 aliphatic heterocycles. The Morgan fingerprint density at radius 2 is 1.70 bits per heavy atom. The van der Waals surface area contributed by atoms with Gasteiger partial charge in [-0.25, -0.2) is 9.59 Å². The van der Waals surface area contributed by atoms with Gasteiger partial charge >= 0.3 is 12.1 Å². The predicted octanol–water partition coefficient (Wildman–Crippen LogP) is 4.75. The average molecular weight is 455 g/mol. The summed E-state index contributed by atoms with van der Waals surface area (Å²) in [6.07, 6.45) is 17.2. The quantitative estimate of drug-likeness (QED) is 0.486. The number of nitrogens with one attached hydrogen (secondary N) is 3. The summed E-state index contributed by atoms with van der Waals surface area (Å²) < 4.78 is 0. The monoisotopic (exact) mass is 454 g/mol. The molecule has 0 aromatic rings. The first-order chi connectivity index (χ1) is 15.9. The van der Waals surface area contributed by atoms with Crippen LogP contribution in [0.5, 0.6) is 0 Å². The zero-order chi connectivity index (χ0) is 23.4. The Hall–Kier alpha value is -2.24. The van der Waals surface area contributed by atoms with Gasteiger partial charge in [0.15, 0.2) is 0 Å². The van der Waals surface area contributed by atoms with Crippen molar-refractivity contribution in [2.45, 2.75) is 76.8 Å². The lowest BCUT2D eigenvalue weighted by molar-refractivity contribution is -0.0135. The number of hydrogen-bond acceptors (Lipinski definition) is 2. The number of carbonyl (C=O) groups excluding carboxylic acids is 2. The molecule has 0 spiro atoms. The summed E-state index contributed by atoms with van der Waals surface area (Å²) >= 11 is 0. The molecule has 1 unspecified atom stereocenters. The Bertz CT molecular complexity index is 759. The smallest absolute Gasteiger partial charge is 0.317 e. The standard InChI is InChI=1S/C27H42N4O2/c1-4-6-7-24(5-2)19(3)29-26(33)31-10-8-20(9-11-31)18-28-25(32)30-27-15-21-12-22(16-27)14-23(13-21)17-27/h4-7,19-23H,2,8-18H2,1,3H3,(H,29,33)(H2,28,30,32)/b6-4-,24-7+. The number of amides is 4. The lowest BCUT2D eigenvalue weighted by Gasteiger charge is -2.56. The number of likely N-dealkylation sites (tertiary alicyclic amines) is 1. The van der Waals surface area contributed by atoms with Crippen LogP contribution in [0.25, 0.3) is 0 Å². The molecular formula is C27H42N4O2. The molecule has 0 aromatic heterocycles. The fourth-order valence-corrected chi connectivity index (χ4v) is 7.08. The number of piperidine rings is 1. The molecular weight excluding hydrogens is 412 g/mol. The van der Waals surface area contributed by atoms with E-state index in [1.807, 2.05) is 37.0 Å². The van der Waals surface area contributed by atoms with E-state index in [1.54, 1.807) is 6.08 Å². The number of allylic oxidation sites excluding steroid dienone is 3. The zero-order valence-electron chi connectivity index (χ0n) is 20.4. The van der Waals surface area contributed by atoms with Crippen LogP contribution in [-0.4, -0.2) is 48.2 Å². The molecule has 5 aliphatic rings. The normalized spacial score (nSPS) is 32.6. The van der Waals surface area contributed by atoms with Crippen molar-refractivity contribution in [2.75, 3.05) is 19.6 Å². The van der Waals surface area contributed by atoms with Crippen molar-refractivity contribution in [1.82, 2.24) is 20.9 Å². The van der Waals surface area contributed by atoms with E-state index < -0.39 is 0 Å². The molecule has 0 aromatic carbocycles. The van der Waals surface area contributed by atoms with E-state index in [0.29, 0.717) is 12.5 Å². The number of rotatable bonds is 7. The molecule has 6 nitrogen and oxygen atoms in total. The van der Waals surface area contributed by atoms with Crippen LogP contribution in [0.1, 0.15) is 65.2 Å². The van der Waals surface area contributed by atoms with E-state index in [-0.39, 0.29) is 23.6 Å². The highest BCUT2D eigenvalue weighted by atomic mass is 16.2. The van der Waals surface area contributed by atoms with Gasteiger partial charge in [-0.05, 0) is 94.5 Å². The van der Waals surface area contributed by atoms with Crippen LogP contribution >= 0.6 is 0 Å². The van der Waals surface area contributed by atoms with Gasteiger partial charge in [0.05, 0.1) is 6.04 Å². The van der Waals surface area contributed by atoms with Gasteiger partial charge in [-0.3, -0.25) is 0 Å². The summed E-state index contributed by atoms with van der Waals surface area (Å²) in [7, 11) is 0. The first-order valence-electron chi connectivity index (χ1n) is 13.0. The van der Waals surface area contributed by atoms with Crippen molar-refractivity contribution in [3.63, 3.8) is 0 Å². The van der Waals surface area contributed by atoms with Gasteiger partial charge in [0, 0.05) is 25.2 Å². The number of carbonyl (C=O) groups is 2. The largest absolute Gasteiger partial charge is 0.338 e. The first kappa shape index (κ1) is 23.9. The maximum atomic E-state index is 12.7. The Morgan fingerprint density at radius 1 is 1.09 bits per heavy atom. The second-order valence-electron chi connectivity index (χ2n) is 11.0. The third-order valence-electron chi connectivity index (χ3n) is 8.43. The van der Waals surface area contributed by atoms with Crippen molar-refractivity contribution in [3.05, 3.63) is 36.5 Å². The third kappa shape index (κ3) is 5.82. The first-order valence-corrected chi connectivity index (χ1v) is 13.0. The van der Waals surface area contributed by atoms with Crippen LogP contribution in [-0.2, 0) is 0 Å². The maximum absolute atomic E-state index is 12.7. The highest BCUT2D eigenvalue weighted by Gasteiger charge is 2.51. The summed E-state index contributed by atoms with van der Waals surface area (Å²) in [5, 5.41) is 9.63. The van der Waals surface area contributed by atoms with Gasteiger partial charge in [-0.1, -0.05) is 30.9 Å². The van der Waals surface area contributed by atoms with E-state index in [0.717, 1.165) is 49.3 Å². The number of hydrogen-bond donors (Lipinski definition) is 3. The molecule has 5 fully saturated rings. The van der Waals surface area contributed by atoms with Crippen molar-refractivity contribution in [3.8, 4) is 0 Å². The molecule has 33 heavy (non-hydrogen) atoms. The SMILES string of the molecule is C=C/C(=C\C=C/C)C(C)NC(=O)N1CCC(CNC(=O)NC23CC4CC(CC(C4)C2)C3)CC1. The number of nitrogens with zero attached hydrogens (tertiary/aromatic N) is 1. The second-order valence-corrected chi connectivity index (χ2v) is 11.0. The Labute approximate surface area is 199 Å². The van der Waals surface area contributed by atoms with Gasteiger partial charge in [0.25, 0.3) is 0 Å². The average Bonchev–Trinajstić information content (AvgIpc) is 2.77. The van der Waals surface area contributed by atoms with E-state index >= 15 is 0 Å². The summed E-state index contributed by atoms with van der Waals surface area (Å²) in [6.45, 7) is 9.94. The lowest BCUT2D eigenvalue weighted by Crippen LogP contribution is -2.61. The highest BCUT2D eigenvalue weighted by molar-refractivity contribution is 5.75. The van der Waals surface area contributed by atoms with Crippen LogP contribution in [0.15, 0.2) is 36.5 Å². The van der Waals surface area contributed by atoms with E-state index in [9.17, 15) is 9.59 Å². The summed E-state index contributed by atoms with van der Waals surface area (Å²) in [4.78, 5) is 27.3. The molecule has 4 saturated carbocycles. The molecule has 1 heterocycles.